The number of aromatic nitrogens is 1. The van der Waals surface area contributed by atoms with E-state index in [2.05, 4.69) is 16.6 Å². The number of carbonyl (C=O) groups is 1. The average Bonchev–Trinajstić information content (AvgIpc) is 2.29. The quantitative estimate of drug-likeness (QED) is 0.716. The first-order valence-electron chi connectivity index (χ1n) is 5.16. The van der Waals surface area contributed by atoms with Gasteiger partial charge in [-0.05, 0) is 37.0 Å². The summed E-state index contributed by atoms with van der Waals surface area (Å²) < 4.78 is 0. The monoisotopic (exact) mass is 240 g/mol. The third kappa shape index (κ3) is 4.53. The zero-order valence-electron chi connectivity index (χ0n) is 9.27. The molecule has 0 unspecified atom stereocenters. The largest absolute Gasteiger partial charge is 0.478 e. The Morgan fingerprint density at radius 3 is 3.06 bits per heavy atom. The van der Waals surface area contributed by atoms with Crippen LogP contribution in [-0.2, 0) is 0 Å². The van der Waals surface area contributed by atoms with Crippen molar-refractivity contribution in [2.45, 2.75) is 12.8 Å². The summed E-state index contributed by atoms with van der Waals surface area (Å²) in [6.07, 6.45) is 5.83. The minimum Gasteiger partial charge on any atom is -0.478 e. The Kier molecular flexibility index (Phi) is 5.71. The van der Waals surface area contributed by atoms with Gasteiger partial charge in [0.25, 0.3) is 0 Å². The minimum atomic E-state index is -0.923. The predicted molar refractivity (Wildman–Crippen MR) is 67.3 cm³/mol. The Morgan fingerprint density at radius 2 is 2.38 bits per heavy atom. The third-order valence-electron chi connectivity index (χ3n) is 2.09. The van der Waals surface area contributed by atoms with E-state index in [0.29, 0.717) is 5.82 Å². The van der Waals surface area contributed by atoms with Gasteiger partial charge in [0, 0.05) is 12.7 Å². The van der Waals surface area contributed by atoms with E-state index in [1.54, 1.807) is 6.07 Å². The number of nitrogens with zero attached hydrogens (tertiary/aromatic N) is 1. The molecule has 16 heavy (non-hydrogen) atoms. The van der Waals surface area contributed by atoms with E-state index in [1.807, 2.05) is 11.8 Å². The van der Waals surface area contributed by atoms with Gasteiger partial charge in [-0.15, -0.1) is 0 Å². The number of rotatable bonds is 7. The Morgan fingerprint density at radius 1 is 1.56 bits per heavy atom. The Hall–Kier alpha value is -1.23. The summed E-state index contributed by atoms with van der Waals surface area (Å²) in [6, 6.07) is 3.04. The summed E-state index contributed by atoms with van der Waals surface area (Å²) in [5, 5.41) is 11.9. The third-order valence-corrected chi connectivity index (χ3v) is 2.79. The lowest BCUT2D eigenvalue weighted by Crippen LogP contribution is -2.05. The number of pyridine rings is 1. The van der Waals surface area contributed by atoms with Crippen molar-refractivity contribution in [1.29, 1.82) is 0 Å². The van der Waals surface area contributed by atoms with Crippen LogP contribution in [0.3, 0.4) is 0 Å². The standard InChI is InChI=1S/C11H16N2O2S/c1-16-7-3-2-5-12-10-8-9(11(14)15)4-6-13-10/h4,6,8H,2-3,5,7H2,1H3,(H,12,13)(H,14,15). The SMILES string of the molecule is CSCCCCNc1cc(C(=O)O)ccn1. The Bertz CT molecular complexity index is 345. The second-order valence-corrected chi connectivity index (χ2v) is 4.35. The van der Waals surface area contributed by atoms with E-state index in [0.717, 1.165) is 25.1 Å². The van der Waals surface area contributed by atoms with Crippen molar-refractivity contribution in [2.75, 3.05) is 23.9 Å². The fourth-order valence-corrected chi connectivity index (χ4v) is 1.74. The van der Waals surface area contributed by atoms with Crippen molar-refractivity contribution in [1.82, 2.24) is 4.98 Å². The molecule has 0 saturated heterocycles. The number of aromatic carboxylic acids is 1. The van der Waals surface area contributed by atoms with Crippen LogP contribution in [0.1, 0.15) is 23.2 Å². The van der Waals surface area contributed by atoms with Crippen LogP contribution in [0.5, 0.6) is 0 Å². The number of hydrogen-bond acceptors (Lipinski definition) is 4. The number of thioether (sulfide) groups is 1. The molecule has 5 heteroatoms. The van der Waals surface area contributed by atoms with Gasteiger partial charge in [0.05, 0.1) is 5.56 Å². The van der Waals surface area contributed by atoms with E-state index >= 15 is 0 Å². The highest BCUT2D eigenvalue weighted by Gasteiger charge is 2.03. The number of unbranched alkanes of at least 4 members (excludes halogenated alkanes) is 1. The first-order valence-corrected chi connectivity index (χ1v) is 6.55. The molecule has 0 saturated carbocycles. The topological polar surface area (TPSA) is 62.2 Å². The molecule has 0 bridgehead atoms. The van der Waals surface area contributed by atoms with Crippen LogP contribution in [0.25, 0.3) is 0 Å². The van der Waals surface area contributed by atoms with Gasteiger partial charge in [-0.25, -0.2) is 9.78 Å². The molecule has 1 rings (SSSR count). The van der Waals surface area contributed by atoms with Gasteiger partial charge in [-0.2, -0.15) is 11.8 Å². The number of carboxylic acids is 1. The predicted octanol–water partition coefficient (Wildman–Crippen LogP) is 2.33. The zero-order valence-corrected chi connectivity index (χ0v) is 10.1. The average molecular weight is 240 g/mol. The van der Waals surface area contributed by atoms with Crippen LogP contribution < -0.4 is 5.32 Å². The fourth-order valence-electron chi connectivity index (χ4n) is 1.25. The minimum absolute atomic E-state index is 0.265. The molecule has 2 N–H and O–H groups in total. The molecule has 1 aromatic rings. The van der Waals surface area contributed by atoms with Gasteiger partial charge in [0.15, 0.2) is 0 Å². The summed E-state index contributed by atoms with van der Waals surface area (Å²) in [5.74, 6) is 0.862. The number of hydrogen-bond donors (Lipinski definition) is 2. The van der Waals surface area contributed by atoms with Gasteiger partial charge >= 0.3 is 5.97 Å². The fraction of sp³-hybridized carbons (Fsp3) is 0.455. The van der Waals surface area contributed by atoms with Crippen molar-refractivity contribution in [2.24, 2.45) is 0 Å². The van der Waals surface area contributed by atoms with Crippen LogP contribution in [0.15, 0.2) is 18.3 Å². The first-order chi connectivity index (χ1) is 7.74. The van der Waals surface area contributed by atoms with Gasteiger partial charge in [0.2, 0.25) is 0 Å². The van der Waals surface area contributed by atoms with E-state index < -0.39 is 5.97 Å². The maximum atomic E-state index is 10.7. The molecular formula is C11H16N2O2S. The Labute approximate surface area is 99.5 Å². The van der Waals surface area contributed by atoms with E-state index in [1.165, 1.54) is 12.3 Å². The van der Waals surface area contributed by atoms with Crippen LogP contribution in [0.4, 0.5) is 5.82 Å². The molecule has 0 aliphatic heterocycles. The molecular weight excluding hydrogens is 224 g/mol. The van der Waals surface area contributed by atoms with Crippen molar-refractivity contribution in [3.05, 3.63) is 23.9 Å². The maximum absolute atomic E-state index is 10.7. The number of nitrogens with one attached hydrogen (secondary N) is 1. The lowest BCUT2D eigenvalue weighted by molar-refractivity contribution is 0.0697. The van der Waals surface area contributed by atoms with E-state index in [4.69, 9.17) is 5.11 Å². The molecule has 0 aromatic carbocycles. The highest BCUT2D eigenvalue weighted by atomic mass is 32.2. The molecule has 0 fully saturated rings. The normalized spacial score (nSPS) is 10.1. The summed E-state index contributed by atoms with van der Waals surface area (Å²) in [6.45, 7) is 0.830. The van der Waals surface area contributed by atoms with Crippen LogP contribution >= 0.6 is 11.8 Å². The smallest absolute Gasteiger partial charge is 0.335 e. The highest BCUT2D eigenvalue weighted by molar-refractivity contribution is 7.98. The van der Waals surface area contributed by atoms with Gasteiger partial charge < -0.3 is 10.4 Å². The molecule has 0 atom stereocenters. The van der Waals surface area contributed by atoms with Gasteiger partial charge in [-0.3, -0.25) is 0 Å². The number of anilines is 1. The van der Waals surface area contributed by atoms with Crippen molar-refractivity contribution in [3.8, 4) is 0 Å². The first kappa shape index (κ1) is 12.8. The molecule has 0 aliphatic rings. The molecule has 88 valence electrons. The lowest BCUT2D eigenvalue weighted by atomic mass is 10.2. The second kappa shape index (κ2) is 7.11. The molecule has 0 aliphatic carbocycles. The van der Waals surface area contributed by atoms with Crippen molar-refractivity contribution < 1.29 is 9.90 Å². The molecule has 0 amide bonds. The summed E-state index contributed by atoms with van der Waals surface area (Å²) >= 11 is 1.83. The molecule has 1 heterocycles. The van der Waals surface area contributed by atoms with Gasteiger partial charge in [-0.1, -0.05) is 0 Å². The summed E-state index contributed by atoms with van der Waals surface area (Å²) in [7, 11) is 0. The summed E-state index contributed by atoms with van der Waals surface area (Å²) in [5.41, 5.74) is 0.265. The molecule has 0 radical (unpaired) electrons. The zero-order chi connectivity index (χ0) is 11.8. The lowest BCUT2D eigenvalue weighted by Gasteiger charge is -2.05. The maximum Gasteiger partial charge on any atom is 0.335 e. The van der Waals surface area contributed by atoms with Crippen LogP contribution in [-0.4, -0.2) is 34.6 Å². The van der Waals surface area contributed by atoms with Crippen molar-refractivity contribution >= 4 is 23.5 Å². The molecule has 1 aromatic heterocycles. The second-order valence-electron chi connectivity index (χ2n) is 3.36. The van der Waals surface area contributed by atoms with E-state index in [-0.39, 0.29) is 5.56 Å². The molecule has 4 nitrogen and oxygen atoms in total. The van der Waals surface area contributed by atoms with E-state index in [9.17, 15) is 4.79 Å². The van der Waals surface area contributed by atoms with Gasteiger partial charge in [0.1, 0.15) is 5.82 Å². The number of carboxylic acid groups (broad SMARTS) is 1. The van der Waals surface area contributed by atoms with Crippen molar-refractivity contribution in [3.63, 3.8) is 0 Å². The summed E-state index contributed by atoms with van der Waals surface area (Å²) in [4.78, 5) is 14.8. The highest BCUT2D eigenvalue weighted by Crippen LogP contribution is 2.07. The van der Waals surface area contributed by atoms with Crippen LogP contribution in [0, 0.1) is 0 Å². The van der Waals surface area contributed by atoms with Crippen LogP contribution in [0.2, 0.25) is 0 Å². The molecule has 0 spiro atoms. The Balaban J connectivity index is 2.36.